The number of alkyl halides is 7. The molecular weight excluding hydrogens is 390 g/mol. The molecule has 10 heteroatoms. The Morgan fingerprint density at radius 3 is 2.29 bits per heavy atom. The van der Waals surface area contributed by atoms with E-state index in [-0.39, 0.29) is 11.8 Å². The van der Waals surface area contributed by atoms with Crippen molar-refractivity contribution in [2.45, 2.75) is 23.2 Å². The average Bonchev–Trinajstić information content (AvgIpc) is 2.28. The first-order valence-electron chi connectivity index (χ1n) is 5.27. The Labute approximate surface area is 128 Å². The molecule has 1 aromatic rings. The summed E-state index contributed by atoms with van der Waals surface area (Å²) in [4.78, 5) is 10.8. The van der Waals surface area contributed by atoms with Crippen molar-refractivity contribution in [3.05, 3.63) is 23.8 Å². The molecule has 2 nitrogen and oxygen atoms in total. The third-order valence-electron chi connectivity index (χ3n) is 2.04. The Morgan fingerprint density at radius 1 is 1.19 bits per heavy atom. The number of benzene rings is 1. The van der Waals surface area contributed by atoms with Gasteiger partial charge in [0.25, 0.3) is 0 Å². The predicted octanol–water partition coefficient (Wildman–Crippen LogP) is 5.16. The van der Waals surface area contributed by atoms with Gasteiger partial charge in [0, 0.05) is 17.3 Å². The summed E-state index contributed by atoms with van der Waals surface area (Å²) < 4.78 is 77.7. The maximum atomic E-state index is 12.5. The topological polar surface area (TPSA) is 26.3 Å². The highest BCUT2D eigenvalue weighted by molar-refractivity contribution is 9.09. The zero-order valence-corrected chi connectivity index (χ0v) is 12.4. The van der Waals surface area contributed by atoms with Crippen molar-refractivity contribution < 1.29 is 35.9 Å². The summed E-state index contributed by atoms with van der Waals surface area (Å²) in [6, 6.07) is 2.79. The number of carbonyl (C=O) groups is 1. The van der Waals surface area contributed by atoms with Crippen molar-refractivity contribution in [1.29, 1.82) is 0 Å². The average molecular weight is 397 g/mol. The zero-order valence-electron chi connectivity index (χ0n) is 10.0. The number of Topliss-reactive ketones (excluding diaryl/α,β-unsaturated/α-hetero) is 1. The van der Waals surface area contributed by atoms with Crippen molar-refractivity contribution in [1.82, 2.24) is 0 Å². The Balaban J connectivity index is 3.30. The van der Waals surface area contributed by atoms with Crippen LogP contribution in [0.5, 0.6) is 5.75 Å². The fraction of sp³-hybridized carbons (Fsp3) is 0.364. The quantitative estimate of drug-likeness (QED) is 0.297. The van der Waals surface area contributed by atoms with Crippen LogP contribution in [0.2, 0.25) is 0 Å². The molecular formula is C11H7BrF6O2S. The van der Waals surface area contributed by atoms with E-state index in [1.165, 1.54) is 0 Å². The summed E-state index contributed by atoms with van der Waals surface area (Å²) >= 11 is 2.13. The van der Waals surface area contributed by atoms with Crippen LogP contribution in [0.4, 0.5) is 26.3 Å². The minimum atomic E-state index is -5.15. The van der Waals surface area contributed by atoms with Crippen molar-refractivity contribution in [3.8, 4) is 5.75 Å². The largest absolute Gasteiger partial charge is 0.573 e. The summed E-state index contributed by atoms with van der Waals surface area (Å²) in [5.74, 6) is -1.77. The van der Waals surface area contributed by atoms with Gasteiger partial charge in [-0.15, -0.1) is 13.2 Å². The number of hydrogen-bond acceptors (Lipinski definition) is 3. The smallest absolute Gasteiger partial charge is 0.405 e. The zero-order chi connectivity index (χ0) is 16.3. The molecule has 0 fully saturated rings. The lowest BCUT2D eigenvalue weighted by Gasteiger charge is -2.16. The van der Waals surface area contributed by atoms with Gasteiger partial charge in [0.1, 0.15) is 5.75 Å². The molecule has 0 bridgehead atoms. The molecule has 1 aromatic carbocycles. The van der Waals surface area contributed by atoms with Crippen LogP contribution in [0.3, 0.4) is 0 Å². The highest BCUT2D eigenvalue weighted by Gasteiger charge is 2.37. The van der Waals surface area contributed by atoms with Crippen molar-refractivity contribution in [2.75, 3.05) is 5.33 Å². The maximum Gasteiger partial charge on any atom is 0.573 e. The van der Waals surface area contributed by atoms with E-state index in [1.54, 1.807) is 0 Å². The summed E-state index contributed by atoms with van der Waals surface area (Å²) in [5, 5.41) is 0.173. The molecule has 0 atom stereocenters. The first-order chi connectivity index (χ1) is 9.53. The molecule has 0 amide bonds. The first-order valence-corrected chi connectivity index (χ1v) is 7.21. The Hall–Kier alpha value is -0.900. The van der Waals surface area contributed by atoms with Crippen LogP contribution in [0.1, 0.15) is 16.8 Å². The van der Waals surface area contributed by atoms with Crippen molar-refractivity contribution in [2.24, 2.45) is 0 Å². The van der Waals surface area contributed by atoms with Gasteiger partial charge in [-0.2, -0.15) is 13.2 Å². The van der Waals surface area contributed by atoms with E-state index in [4.69, 9.17) is 0 Å². The molecule has 0 N–H and O–H groups in total. The summed E-state index contributed by atoms with van der Waals surface area (Å²) in [6.07, 6.45) is -5.31. The molecule has 0 aliphatic heterocycles. The van der Waals surface area contributed by atoms with E-state index in [9.17, 15) is 31.1 Å². The van der Waals surface area contributed by atoms with Gasteiger partial charge in [0.15, 0.2) is 5.78 Å². The minimum absolute atomic E-state index is 0.152. The van der Waals surface area contributed by atoms with Gasteiger partial charge in [-0.3, -0.25) is 4.79 Å². The second-order valence-corrected chi connectivity index (χ2v) is 5.46. The predicted molar refractivity (Wildman–Crippen MR) is 67.8 cm³/mol. The van der Waals surface area contributed by atoms with Crippen LogP contribution in [0.25, 0.3) is 0 Å². The highest BCUT2D eigenvalue weighted by Crippen LogP contribution is 2.44. The summed E-state index contributed by atoms with van der Waals surface area (Å²) in [5.41, 5.74) is -5.31. The monoisotopic (exact) mass is 396 g/mol. The molecule has 0 radical (unpaired) electrons. The number of rotatable bonds is 5. The van der Waals surface area contributed by atoms with Gasteiger partial charge >= 0.3 is 11.9 Å². The lowest BCUT2D eigenvalue weighted by Crippen LogP contribution is -2.19. The summed E-state index contributed by atoms with van der Waals surface area (Å²) in [7, 11) is 0. The number of hydrogen-bond donors (Lipinski definition) is 0. The normalized spacial score (nSPS) is 12.3. The molecule has 21 heavy (non-hydrogen) atoms. The molecule has 0 spiro atoms. The van der Waals surface area contributed by atoms with E-state index in [0.717, 1.165) is 18.2 Å². The van der Waals surface area contributed by atoms with E-state index >= 15 is 0 Å². The standard InChI is InChI=1S/C11H7BrF6O2S/c12-5-4-7(19)6-2-1-3-8(20-10(13,14)15)9(6)21-11(16,17)18/h1-3H,4-5H2. The molecule has 0 aromatic heterocycles. The molecule has 0 aliphatic carbocycles. The van der Waals surface area contributed by atoms with Gasteiger partial charge < -0.3 is 4.74 Å². The van der Waals surface area contributed by atoms with Gasteiger partial charge in [-0.25, -0.2) is 0 Å². The minimum Gasteiger partial charge on any atom is -0.405 e. The fourth-order valence-corrected chi connectivity index (χ4v) is 2.48. The maximum absolute atomic E-state index is 12.5. The van der Waals surface area contributed by atoms with Gasteiger partial charge in [-0.1, -0.05) is 22.0 Å². The van der Waals surface area contributed by atoms with Crippen LogP contribution in [-0.2, 0) is 0 Å². The third kappa shape index (κ3) is 6.16. The van der Waals surface area contributed by atoms with Gasteiger partial charge in [-0.05, 0) is 23.9 Å². The molecule has 1 rings (SSSR count). The van der Waals surface area contributed by atoms with Crippen LogP contribution in [0, 0.1) is 0 Å². The van der Waals surface area contributed by atoms with Crippen LogP contribution in [-0.4, -0.2) is 23.0 Å². The SMILES string of the molecule is O=C(CCBr)c1cccc(OC(F)(F)F)c1SC(F)(F)F. The third-order valence-corrected chi connectivity index (χ3v) is 3.30. The molecule has 0 aliphatic rings. The molecule has 0 saturated carbocycles. The van der Waals surface area contributed by atoms with Crippen molar-refractivity contribution >= 4 is 33.5 Å². The summed E-state index contributed by atoms with van der Waals surface area (Å²) in [6.45, 7) is 0. The molecule has 118 valence electrons. The van der Waals surface area contributed by atoms with E-state index < -0.39 is 45.6 Å². The van der Waals surface area contributed by atoms with E-state index in [2.05, 4.69) is 20.7 Å². The van der Waals surface area contributed by atoms with Gasteiger partial charge in [0.2, 0.25) is 0 Å². The van der Waals surface area contributed by atoms with Crippen molar-refractivity contribution in [3.63, 3.8) is 0 Å². The number of ether oxygens (including phenoxy) is 1. The molecule has 0 heterocycles. The number of carbonyl (C=O) groups excluding carboxylic acids is 1. The lowest BCUT2D eigenvalue weighted by atomic mass is 10.1. The Morgan fingerprint density at radius 2 is 1.81 bits per heavy atom. The Bertz CT molecular complexity index is 514. The lowest BCUT2D eigenvalue weighted by molar-refractivity contribution is -0.275. The first kappa shape index (κ1) is 18.1. The highest BCUT2D eigenvalue weighted by atomic mass is 79.9. The Kier molecular flexibility index (Phi) is 5.97. The second kappa shape index (κ2) is 6.91. The number of ketones is 1. The van der Waals surface area contributed by atoms with E-state index in [0.29, 0.717) is 0 Å². The second-order valence-electron chi connectivity index (χ2n) is 3.59. The van der Waals surface area contributed by atoms with E-state index in [1.807, 2.05) is 0 Å². The number of thioether (sulfide) groups is 1. The van der Waals surface area contributed by atoms with Gasteiger partial charge in [0.05, 0.1) is 4.90 Å². The fourth-order valence-electron chi connectivity index (χ4n) is 1.38. The number of halogens is 7. The molecule has 0 unspecified atom stereocenters. The van der Waals surface area contributed by atoms with Crippen LogP contribution >= 0.6 is 27.7 Å². The van der Waals surface area contributed by atoms with Crippen LogP contribution < -0.4 is 4.74 Å². The van der Waals surface area contributed by atoms with Crippen LogP contribution in [0.15, 0.2) is 23.1 Å². The molecule has 0 saturated heterocycles.